The van der Waals surface area contributed by atoms with E-state index in [1.165, 1.54) is 0 Å². The van der Waals surface area contributed by atoms with E-state index in [1.54, 1.807) is 6.92 Å². The van der Waals surface area contributed by atoms with Gasteiger partial charge in [0, 0.05) is 5.39 Å². The van der Waals surface area contributed by atoms with Gasteiger partial charge in [0.25, 0.3) is 0 Å². The number of aliphatic carboxylic acids is 1. The van der Waals surface area contributed by atoms with Crippen LogP contribution in [0.25, 0.3) is 21.7 Å². The Hall–Kier alpha value is -2.40. The maximum atomic E-state index is 11.2. The van der Waals surface area contributed by atoms with Crippen molar-refractivity contribution in [3.05, 3.63) is 84.1 Å². The Labute approximate surface area is 186 Å². The maximum Gasteiger partial charge on any atom is 1.00 e. The molecule has 0 fully saturated rings. The third-order valence-electron chi connectivity index (χ3n) is 4.75. The Kier molecular flexibility index (Phi) is 6.35. The molecule has 4 aromatic rings. The number of carboxylic acid groups (broad SMARTS) is 1. The Morgan fingerprint density at radius 3 is 2.54 bits per heavy atom. The average Bonchev–Trinajstić information content (AvgIpc) is 2.71. The predicted molar refractivity (Wildman–Crippen MR) is 107 cm³/mol. The summed E-state index contributed by atoms with van der Waals surface area (Å²) in [6.45, 7) is 2.09. The number of para-hydroxylation sites is 1. The van der Waals surface area contributed by atoms with Gasteiger partial charge in [-0.05, 0) is 47.5 Å². The van der Waals surface area contributed by atoms with E-state index in [0.717, 1.165) is 38.7 Å². The molecule has 0 spiro atoms. The predicted octanol–water partition coefficient (Wildman–Crippen LogP) is 2.27. The van der Waals surface area contributed by atoms with Gasteiger partial charge >= 0.3 is 35.5 Å². The van der Waals surface area contributed by atoms with Crippen LogP contribution in [0.5, 0.6) is 5.75 Å². The van der Waals surface area contributed by atoms with Crippen molar-refractivity contribution in [3.63, 3.8) is 0 Å². The Balaban J connectivity index is 0.00000150. The van der Waals surface area contributed by atoms with Crippen LogP contribution < -0.4 is 34.3 Å². The zero-order valence-electron chi connectivity index (χ0n) is 16.9. The summed E-state index contributed by atoms with van der Waals surface area (Å²) in [6, 6.07) is 23.6. The summed E-state index contributed by atoms with van der Waals surface area (Å²) in [5.74, 6) is -0.585. The summed E-state index contributed by atoms with van der Waals surface area (Å²) in [4.78, 5) is 15.8. The van der Waals surface area contributed by atoms with Gasteiger partial charge < -0.3 is 11.3 Å². The molecular formula is C23H20NNaO3. The van der Waals surface area contributed by atoms with E-state index in [-0.39, 0.29) is 31.0 Å². The topological polar surface area (TPSA) is 59.4 Å². The van der Waals surface area contributed by atoms with E-state index in [2.05, 4.69) is 4.98 Å². The molecule has 4 nitrogen and oxygen atoms in total. The quantitative estimate of drug-likeness (QED) is 0.539. The molecule has 28 heavy (non-hydrogen) atoms. The normalized spacial score (nSPS) is 11.8. The Morgan fingerprint density at radius 2 is 1.71 bits per heavy atom. The van der Waals surface area contributed by atoms with Crippen LogP contribution in [0.2, 0.25) is 0 Å². The standard InChI is InChI=1S/C23H19NO3.Na.H/c1-15(23(25)26)17-6-7-19-13-21(11-9-18(19)12-17)27-14-20-10-8-16-4-2-3-5-22(16)24-20;;/h2-13,15H,14H2,1H3,(H,25,26);;/q;+1;-1. The molecule has 1 heterocycles. The van der Waals surface area contributed by atoms with Crippen molar-refractivity contribution in [2.24, 2.45) is 0 Å². The molecule has 5 heteroatoms. The minimum absolute atomic E-state index is 0. The van der Waals surface area contributed by atoms with Crippen molar-refractivity contribution >= 4 is 27.6 Å². The Morgan fingerprint density at radius 1 is 1.00 bits per heavy atom. The number of hydrogen-bond acceptors (Lipinski definition) is 3. The van der Waals surface area contributed by atoms with Gasteiger partial charge in [0.15, 0.2) is 0 Å². The zero-order valence-corrected chi connectivity index (χ0v) is 17.9. The van der Waals surface area contributed by atoms with Crippen LogP contribution in [0.15, 0.2) is 72.8 Å². The fourth-order valence-electron chi connectivity index (χ4n) is 3.09. The molecule has 0 aliphatic heterocycles. The fraction of sp³-hybridized carbons (Fsp3) is 0.130. The van der Waals surface area contributed by atoms with Crippen molar-refractivity contribution in [1.82, 2.24) is 4.98 Å². The number of aromatic nitrogens is 1. The molecule has 0 saturated carbocycles. The molecule has 0 amide bonds. The number of hydrogen-bond donors (Lipinski definition) is 1. The molecule has 0 radical (unpaired) electrons. The van der Waals surface area contributed by atoms with Gasteiger partial charge in [0.05, 0.1) is 17.1 Å². The van der Waals surface area contributed by atoms with Gasteiger partial charge in [-0.3, -0.25) is 4.79 Å². The minimum Gasteiger partial charge on any atom is -1.00 e. The van der Waals surface area contributed by atoms with Gasteiger partial charge in [-0.2, -0.15) is 0 Å². The molecule has 1 aromatic heterocycles. The SMILES string of the molecule is CC(C(=O)O)c1ccc2cc(OCc3ccc4ccccc4n3)ccc2c1.[H-].[Na+]. The van der Waals surface area contributed by atoms with Crippen LogP contribution in [-0.2, 0) is 11.4 Å². The summed E-state index contributed by atoms with van der Waals surface area (Å²) in [6.07, 6.45) is 0. The summed E-state index contributed by atoms with van der Waals surface area (Å²) in [5, 5.41) is 12.3. The molecule has 1 N–H and O–H groups in total. The second-order valence-electron chi connectivity index (χ2n) is 6.61. The van der Waals surface area contributed by atoms with E-state index >= 15 is 0 Å². The van der Waals surface area contributed by atoms with Crippen LogP contribution in [-0.4, -0.2) is 16.1 Å². The number of pyridine rings is 1. The van der Waals surface area contributed by atoms with Crippen molar-refractivity contribution in [3.8, 4) is 5.75 Å². The van der Waals surface area contributed by atoms with E-state index in [9.17, 15) is 4.79 Å². The molecule has 3 aromatic carbocycles. The first-order valence-corrected chi connectivity index (χ1v) is 8.84. The molecule has 1 atom stereocenters. The van der Waals surface area contributed by atoms with E-state index in [4.69, 9.17) is 9.84 Å². The van der Waals surface area contributed by atoms with Crippen LogP contribution in [0, 0.1) is 0 Å². The smallest absolute Gasteiger partial charge is 1.00 e. The number of benzene rings is 3. The number of carbonyl (C=O) groups is 1. The van der Waals surface area contributed by atoms with E-state index < -0.39 is 11.9 Å². The first kappa shape index (κ1) is 20.3. The molecule has 1 unspecified atom stereocenters. The summed E-state index contributed by atoms with van der Waals surface area (Å²) in [5.41, 5.74) is 2.63. The van der Waals surface area contributed by atoms with Crippen LogP contribution in [0.1, 0.15) is 25.5 Å². The maximum absolute atomic E-state index is 11.2. The average molecular weight is 381 g/mol. The number of rotatable bonds is 5. The minimum atomic E-state index is -0.822. The summed E-state index contributed by atoms with van der Waals surface area (Å²) < 4.78 is 5.91. The van der Waals surface area contributed by atoms with Gasteiger partial charge in [0.2, 0.25) is 0 Å². The van der Waals surface area contributed by atoms with Gasteiger partial charge in [-0.1, -0.05) is 48.5 Å². The Bertz CT molecular complexity index is 1150. The molecular weight excluding hydrogens is 361 g/mol. The summed E-state index contributed by atoms with van der Waals surface area (Å²) in [7, 11) is 0. The monoisotopic (exact) mass is 381 g/mol. The first-order valence-electron chi connectivity index (χ1n) is 8.84. The molecule has 0 saturated heterocycles. The number of fused-ring (bicyclic) bond motifs is 2. The molecule has 0 bridgehead atoms. The van der Waals surface area contributed by atoms with Gasteiger partial charge in [0.1, 0.15) is 12.4 Å². The zero-order chi connectivity index (χ0) is 18.8. The molecule has 4 rings (SSSR count). The van der Waals surface area contributed by atoms with Crippen LogP contribution in [0.3, 0.4) is 0 Å². The van der Waals surface area contributed by atoms with Crippen LogP contribution >= 0.6 is 0 Å². The van der Waals surface area contributed by atoms with Crippen molar-refractivity contribution < 1.29 is 45.6 Å². The second kappa shape index (κ2) is 8.74. The number of nitrogens with zero attached hydrogens (tertiary/aromatic N) is 1. The summed E-state index contributed by atoms with van der Waals surface area (Å²) >= 11 is 0. The van der Waals surface area contributed by atoms with Crippen LogP contribution in [0.4, 0.5) is 0 Å². The van der Waals surface area contributed by atoms with E-state index in [1.807, 2.05) is 72.8 Å². The largest absolute Gasteiger partial charge is 1.00 e. The van der Waals surface area contributed by atoms with Gasteiger partial charge in [-0.15, -0.1) is 0 Å². The third-order valence-corrected chi connectivity index (χ3v) is 4.75. The molecule has 0 aliphatic carbocycles. The fourth-order valence-corrected chi connectivity index (χ4v) is 3.09. The number of carboxylic acids is 1. The number of ether oxygens (including phenoxy) is 1. The third kappa shape index (κ3) is 4.36. The first-order chi connectivity index (χ1) is 13.1. The molecule has 0 aliphatic rings. The molecule has 136 valence electrons. The van der Waals surface area contributed by atoms with Crippen molar-refractivity contribution in [2.75, 3.05) is 0 Å². The second-order valence-corrected chi connectivity index (χ2v) is 6.61. The van der Waals surface area contributed by atoms with E-state index in [0.29, 0.717) is 6.61 Å². The van der Waals surface area contributed by atoms with Crippen molar-refractivity contribution in [2.45, 2.75) is 19.4 Å². The van der Waals surface area contributed by atoms with Crippen molar-refractivity contribution in [1.29, 1.82) is 0 Å². The van der Waals surface area contributed by atoms with Gasteiger partial charge in [-0.25, -0.2) is 4.98 Å².